The number of aliphatic hydroxyl groups is 1. The molecule has 0 amide bonds. The third-order valence-electron chi connectivity index (χ3n) is 4.01. The number of aromatic nitrogens is 1. The Bertz CT molecular complexity index is 1100. The number of rotatable bonds is 3. The van der Waals surface area contributed by atoms with E-state index in [1.54, 1.807) is 0 Å². The topological polar surface area (TPSA) is 73.3 Å². The zero-order valence-electron chi connectivity index (χ0n) is 13.6. The van der Waals surface area contributed by atoms with Crippen molar-refractivity contribution in [3.05, 3.63) is 69.0 Å². The van der Waals surface area contributed by atoms with Crippen molar-refractivity contribution < 1.29 is 23.4 Å². The molecule has 27 heavy (non-hydrogen) atoms. The van der Waals surface area contributed by atoms with Crippen LogP contribution < -0.4 is 5.56 Å². The number of aromatic hydroxyl groups is 1. The molecule has 8 heteroatoms. The Morgan fingerprint density at radius 1 is 1.19 bits per heavy atom. The van der Waals surface area contributed by atoms with Crippen molar-refractivity contribution in [2.45, 2.75) is 6.18 Å². The van der Waals surface area contributed by atoms with E-state index >= 15 is 0 Å². The van der Waals surface area contributed by atoms with Crippen molar-refractivity contribution in [3.63, 3.8) is 0 Å². The number of alkyl halides is 3. The van der Waals surface area contributed by atoms with E-state index in [9.17, 15) is 23.1 Å². The van der Waals surface area contributed by atoms with Gasteiger partial charge in [0.15, 0.2) is 0 Å². The molecule has 0 radical (unpaired) electrons. The summed E-state index contributed by atoms with van der Waals surface area (Å²) in [7, 11) is 0. The summed E-state index contributed by atoms with van der Waals surface area (Å²) >= 11 is 5.98. The number of benzene rings is 2. The van der Waals surface area contributed by atoms with Gasteiger partial charge in [-0.2, -0.15) is 13.2 Å². The third kappa shape index (κ3) is 3.56. The van der Waals surface area contributed by atoms with E-state index in [0.717, 1.165) is 6.07 Å². The number of pyridine rings is 1. The highest BCUT2D eigenvalue weighted by Gasteiger charge is 2.33. The van der Waals surface area contributed by atoms with E-state index in [1.807, 2.05) is 0 Å². The molecule has 0 atom stereocenters. The van der Waals surface area contributed by atoms with Crippen LogP contribution in [0.5, 0.6) is 5.75 Å². The Balaban J connectivity index is 2.53. The molecule has 0 saturated heterocycles. The summed E-state index contributed by atoms with van der Waals surface area (Å²) < 4.78 is 40.2. The Kier molecular flexibility index (Phi) is 4.99. The van der Waals surface area contributed by atoms with E-state index in [-0.39, 0.29) is 39.5 Å². The fraction of sp³-hybridized carbons (Fsp3) is 0.105. The molecule has 3 N–H and O–H groups in total. The van der Waals surface area contributed by atoms with Crippen LogP contribution in [-0.2, 0) is 6.18 Å². The van der Waals surface area contributed by atoms with Gasteiger partial charge < -0.3 is 15.2 Å². The average Bonchev–Trinajstić information content (AvgIpc) is 2.60. The molecular formula is C19H13ClF3NO3. The maximum Gasteiger partial charge on any atom is 0.418 e. The Labute approximate surface area is 156 Å². The lowest BCUT2D eigenvalue weighted by Crippen LogP contribution is -2.15. The number of para-hydroxylation sites is 1. The van der Waals surface area contributed by atoms with Crippen molar-refractivity contribution >= 4 is 28.6 Å². The number of phenolic OH excluding ortho intramolecular Hbond substituents is 1. The first-order chi connectivity index (χ1) is 12.7. The Morgan fingerprint density at radius 2 is 1.93 bits per heavy atom. The number of phenols is 1. The average molecular weight is 396 g/mol. The number of H-pyrrole nitrogens is 1. The lowest BCUT2D eigenvalue weighted by Gasteiger charge is -2.16. The minimum atomic E-state index is -4.68. The van der Waals surface area contributed by atoms with E-state index in [4.69, 9.17) is 16.7 Å². The molecule has 1 aromatic heterocycles. The van der Waals surface area contributed by atoms with Crippen LogP contribution in [-0.4, -0.2) is 21.8 Å². The van der Waals surface area contributed by atoms with E-state index in [2.05, 4.69) is 4.98 Å². The van der Waals surface area contributed by atoms with Gasteiger partial charge in [-0.1, -0.05) is 35.9 Å². The molecule has 2 aromatic carbocycles. The van der Waals surface area contributed by atoms with Crippen LogP contribution in [0.4, 0.5) is 13.2 Å². The number of nitrogens with one attached hydrogen (secondary N) is 1. The number of hydrogen-bond acceptors (Lipinski definition) is 3. The highest BCUT2D eigenvalue weighted by Crippen LogP contribution is 2.40. The molecule has 3 aromatic rings. The first-order valence-corrected chi connectivity index (χ1v) is 8.14. The van der Waals surface area contributed by atoms with E-state index < -0.39 is 22.8 Å². The normalized spacial score (nSPS) is 12.2. The lowest BCUT2D eigenvalue weighted by atomic mass is 9.93. The fourth-order valence-corrected chi connectivity index (χ4v) is 3.07. The molecule has 0 aliphatic rings. The van der Waals surface area contributed by atoms with Gasteiger partial charge in [-0.25, -0.2) is 0 Å². The molecule has 0 aliphatic heterocycles. The molecule has 0 bridgehead atoms. The van der Waals surface area contributed by atoms with Gasteiger partial charge in [0.2, 0.25) is 0 Å². The molecule has 0 saturated carbocycles. The van der Waals surface area contributed by atoms with Crippen LogP contribution in [0, 0.1) is 0 Å². The Morgan fingerprint density at radius 3 is 2.59 bits per heavy atom. The van der Waals surface area contributed by atoms with Crippen LogP contribution in [0.1, 0.15) is 11.1 Å². The number of fused-ring (bicyclic) bond motifs is 1. The van der Waals surface area contributed by atoms with E-state index in [1.165, 1.54) is 42.5 Å². The van der Waals surface area contributed by atoms with Crippen LogP contribution in [0.15, 0.2) is 47.3 Å². The maximum atomic E-state index is 13.4. The molecule has 0 spiro atoms. The second kappa shape index (κ2) is 7.09. The highest BCUT2D eigenvalue weighted by atomic mass is 35.5. The summed E-state index contributed by atoms with van der Waals surface area (Å²) in [5.74, 6) is -0.248. The number of aliphatic hydroxyl groups excluding tert-OH is 1. The fourth-order valence-electron chi connectivity index (χ4n) is 2.90. The summed E-state index contributed by atoms with van der Waals surface area (Å²) in [6.45, 7) is -0.374. The largest absolute Gasteiger partial charge is 0.507 e. The minimum Gasteiger partial charge on any atom is -0.507 e. The predicted molar refractivity (Wildman–Crippen MR) is 97.8 cm³/mol. The smallest absolute Gasteiger partial charge is 0.418 e. The second-order valence-corrected chi connectivity index (χ2v) is 6.15. The summed E-state index contributed by atoms with van der Waals surface area (Å²) in [6, 6.07) is 7.56. The van der Waals surface area contributed by atoms with Crippen LogP contribution in [0.2, 0.25) is 5.02 Å². The van der Waals surface area contributed by atoms with Crippen molar-refractivity contribution in [3.8, 4) is 16.9 Å². The van der Waals surface area contributed by atoms with Gasteiger partial charge in [-0.15, -0.1) is 0 Å². The highest BCUT2D eigenvalue weighted by molar-refractivity contribution is 6.31. The summed E-state index contributed by atoms with van der Waals surface area (Å²) in [6.07, 6.45) is -2.12. The third-order valence-corrected chi connectivity index (χ3v) is 4.24. The zero-order valence-corrected chi connectivity index (χ0v) is 14.4. The predicted octanol–water partition coefficient (Wildman–Crippen LogP) is 4.58. The summed E-state index contributed by atoms with van der Waals surface area (Å²) in [5, 5.41) is 19.6. The molecule has 0 aliphatic carbocycles. The van der Waals surface area contributed by atoms with Gasteiger partial charge >= 0.3 is 6.18 Å². The van der Waals surface area contributed by atoms with Crippen LogP contribution in [0.25, 0.3) is 28.1 Å². The van der Waals surface area contributed by atoms with Crippen LogP contribution in [0.3, 0.4) is 0 Å². The van der Waals surface area contributed by atoms with Gasteiger partial charge in [0, 0.05) is 27.1 Å². The van der Waals surface area contributed by atoms with Gasteiger partial charge in [0.1, 0.15) is 5.75 Å². The lowest BCUT2D eigenvalue weighted by molar-refractivity contribution is -0.136. The van der Waals surface area contributed by atoms with Crippen LogP contribution >= 0.6 is 11.6 Å². The number of hydrogen-bond donors (Lipinski definition) is 3. The van der Waals surface area contributed by atoms with E-state index in [0.29, 0.717) is 0 Å². The van der Waals surface area contributed by atoms with Crippen molar-refractivity contribution in [2.24, 2.45) is 0 Å². The monoisotopic (exact) mass is 395 g/mol. The standard InChI is InChI=1S/C19H13ClF3NO3/c20-10-6-7-15(26)13(9-10)16-11-3-1-5-14(19(21,22)23)17(11)24-18(27)12(16)4-2-8-25/h1-7,9,25-26H,8H2,(H,24,27). The second-order valence-electron chi connectivity index (χ2n) is 5.72. The van der Waals surface area contributed by atoms with Crippen molar-refractivity contribution in [1.82, 2.24) is 4.98 Å². The molecule has 3 rings (SSSR count). The zero-order chi connectivity index (χ0) is 19.8. The molecule has 1 heterocycles. The maximum absolute atomic E-state index is 13.4. The molecule has 140 valence electrons. The minimum absolute atomic E-state index is 0.00607. The van der Waals surface area contributed by atoms with Crippen molar-refractivity contribution in [1.29, 1.82) is 0 Å². The first kappa shape index (κ1) is 19.0. The quantitative estimate of drug-likeness (QED) is 0.608. The van der Waals surface area contributed by atoms with Gasteiger partial charge in [0.05, 0.1) is 17.7 Å². The van der Waals surface area contributed by atoms with Gasteiger partial charge in [-0.05, 0) is 24.3 Å². The molecule has 4 nitrogen and oxygen atoms in total. The molecule has 0 fully saturated rings. The SMILES string of the molecule is O=c1[nH]c2c(C(F)(F)F)cccc2c(-c2cc(Cl)ccc2O)c1C=CCO. The summed E-state index contributed by atoms with van der Waals surface area (Å²) in [4.78, 5) is 14.8. The number of aromatic amines is 1. The summed E-state index contributed by atoms with van der Waals surface area (Å²) in [5.41, 5.74) is -2.00. The molecular weight excluding hydrogens is 383 g/mol. The Hall–Kier alpha value is -2.77. The van der Waals surface area contributed by atoms with Gasteiger partial charge in [-0.3, -0.25) is 4.79 Å². The molecule has 0 unspecified atom stereocenters. The van der Waals surface area contributed by atoms with Gasteiger partial charge in [0.25, 0.3) is 5.56 Å². The van der Waals surface area contributed by atoms with Crippen molar-refractivity contribution in [2.75, 3.05) is 6.61 Å². The first-order valence-electron chi connectivity index (χ1n) is 7.76. The number of halogens is 4.